The predicted octanol–water partition coefficient (Wildman–Crippen LogP) is 7.44. The van der Waals surface area contributed by atoms with Crippen molar-refractivity contribution in [3.8, 4) is 0 Å². The van der Waals surface area contributed by atoms with E-state index in [1.807, 2.05) is 56.4 Å². The lowest BCUT2D eigenvalue weighted by Gasteiger charge is -2.12. The molecule has 0 radical (unpaired) electrons. The Kier molecular flexibility index (Phi) is 17.1. The fraction of sp³-hybridized carbons (Fsp3) is 0.186. The maximum Gasteiger partial charge on any atom is 0.251 e. The minimum Gasteiger partial charge on any atom is -0.348 e. The monoisotopic (exact) mass is 1100 g/mol. The molecule has 2 amide bonds. The fourth-order valence-electron chi connectivity index (χ4n) is 8.91. The molecule has 3 aromatic carbocycles. The van der Waals surface area contributed by atoms with E-state index in [1.165, 1.54) is 21.3 Å². The summed E-state index contributed by atoms with van der Waals surface area (Å²) < 4.78 is 53.2. The Hall–Kier alpha value is -9.14. The molecule has 0 saturated heterocycles. The van der Waals surface area contributed by atoms with Crippen molar-refractivity contribution < 1.29 is 26.4 Å². The van der Waals surface area contributed by atoms with Crippen LogP contribution in [-0.2, 0) is 58.7 Å². The second-order valence-corrected chi connectivity index (χ2v) is 23.0. The summed E-state index contributed by atoms with van der Waals surface area (Å²) in [5.74, 6) is -0.500. The normalized spacial score (nSPS) is 11.4. The van der Waals surface area contributed by atoms with E-state index in [0.29, 0.717) is 59.6 Å². The van der Waals surface area contributed by atoms with Gasteiger partial charge in [0, 0.05) is 114 Å². The van der Waals surface area contributed by atoms with Gasteiger partial charge < -0.3 is 24.8 Å². The number of benzene rings is 3. The highest BCUT2D eigenvalue weighted by molar-refractivity contribution is 7.91. The van der Waals surface area contributed by atoms with Gasteiger partial charge in [-0.25, -0.2) is 21.8 Å². The van der Waals surface area contributed by atoms with Crippen LogP contribution in [0.3, 0.4) is 0 Å². The number of carbonyl (C=O) groups is 2. The quantitative estimate of drug-likeness (QED) is 0.0737. The molecule has 18 nitrogen and oxygen atoms in total. The number of aromatic nitrogens is 8. The number of amides is 2. The van der Waals surface area contributed by atoms with Crippen molar-refractivity contribution >= 4 is 53.4 Å². The number of hydrogen-bond acceptors (Lipinski definition) is 12. The van der Waals surface area contributed by atoms with E-state index in [-0.39, 0.29) is 53.2 Å². The third-order valence-corrected chi connectivity index (χ3v) is 15.3. The molecule has 4 N–H and O–H groups in total. The highest BCUT2D eigenvalue weighted by Crippen LogP contribution is 2.24. The van der Waals surface area contributed by atoms with Gasteiger partial charge in [0.15, 0.2) is 19.7 Å². The largest absolute Gasteiger partial charge is 0.348 e. The Balaban J connectivity index is 0.000000205. The van der Waals surface area contributed by atoms with Gasteiger partial charge in [-0.1, -0.05) is 55.5 Å². The van der Waals surface area contributed by atoms with Crippen LogP contribution in [-0.4, -0.2) is 80.4 Å². The van der Waals surface area contributed by atoms with Gasteiger partial charge in [0.1, 0.15) is 5.65 Å². The maximum absolute atomic E-state index is 12.9. The summed E-state index contributed by atoms with van der Waals surface area (Å²) in [7, 11) is -7.11. The summed E-state index contributed by atoms with van der Waals surface area (Å²) in [6.45, 7) is 4.90. The lowest BCUT2D eigenvalue weighted by molar-refractivity contribution is 0.0942. The van der Waals surface area contributed by atoms with Crippen LogP contribution in [0.15, 0.2) is 178 Å². The van der Waals surface area contributed by atoms with Crippen LogP contribution >= 0.6 is 0 Å². The second kappa shape index (κ2) is 24.0. The zero-order valence-corrected chi connectivity index (χ0v) is 44.7. The molecule has 7 heterocycles. The summed E-state index contributed by atoms with van der Waals surface area (Å²) in [5, 5.41) is 15.1. The van der Waals surface area contributed by atoms with Gasteiger partial charge >= 0.3 is 0 Å². The summed E-state index contributed by atoms with van der Waals surface area (Å²) >= 11 is 0. The predicted molar refractivity (Wildman–Crippen MR) is 304 cm³/mol. The summed E-state index contributed by atoms with van der Waals surface area (Å²) in [6, 6.07) is 34.5. The average molecular weight is 1100 g/mol. The lowest BCUT2D eigenvalue weighted by Crippen LogP contribution is -2.23. The smallest absolute Gasteiger partial charge is 0.251 e. The SMILES string of the molecule is C.Cc1c[nH]c2ncc(CNC(=O)c3ccnc(Cc4ccc(Cn5ccccc5=O)c(S(C)(=O)=O)c4)c3)cc12.Cc1ccc2n[nH]c(CNC(=O)c3ccnc(Cc4ccc(Cn5ccccc5=O)c(S(C)(=O)=O)c4)c3)c2c1. The Morgan fingerprint density at radius 1 is 0.595 bits per heavy atom. The van der Waals surface area contributed by atoms with Gasteiger partial charge in [-0.2, -0.15) is 5.10 Å². The number of aromatic amines is 2. The number of carbonyl (C=O) groups excluding carboxylic acids is 2. The maximum atomic E-state index is 12.9. The molecular formula is C59H58N10O8S2. The number of nitrogens with zero attached hydrogens (tertiary/aromatic N) is 6. The Morgan fingerprint density at radius 2 is 1.14 bits per heavy atom. The van der Waals surface area contributed by atoms with Gasteiger partial charge in [-0.15, -0.1) is 0 Å². The third kappa shape index (κ3) is 13.9. The standard InChI is InChI=1S/2C29H27N5O4S.CH4/c1-19-6-9-25-24(13-19)26(33-32-25)17-31-29(36)21-10-11-30-23(16-21)14-20-7-8-22(27(15-20)39(2,37)38)18-34-12-4-3-5-28(34)35;1-19-15-31-28-25(19)12-21(16-32-28)17-33-29(36)22-8-9-30-24(14-22)11-20-6-7-23(26(13-20)39(2,37)38)18-34-10-4-3-5-27(34)35;/h3-13,15-16H,14,17-18H2,1-2H3,(H,31,36)(H,32,33);3-10,12-16H,11,17-18H2,1-2H3,(H,31,32)(H,33,36);1H4. The first-order valence-corrected chi connectivity index (χ1v) is 28.4. The van der Waals surface area contributed by atoms with Crippen molar-refractivity contribution in [2.75, 3.05) is 12.5 Å². The highest BCUT2D eigenvalue weighted by Gasteiger charge is 2.19. The molecule has 7 aromatic heterocycles. The minimum atomic E-state index is -3.56. The Morgan fingerprint density at radius 3 is 1.67 bits per heavy atom. The number of hydrogen-bond donors (Lipinski definition) is 4. The Bertz CT molecular complexity index is 4260. The molecule has 0 unspecified atom stereocenters. The second-order valence-electron chi connectivity index (χ2n) is 19.0. The molecule has 404 valence electrons. The molecule has 79 heavy (non-hydrogen) atoms. The molecular weight excluding hydrogens is 1040 g/mol. The van der Waals surface area contributed by atoms with E-state index >= 15 is 0 Å². The van der Waals surface area contributed by atoms with E-state index in [2.05, 4.69) is 40.8 Å². The molecule has 0 aliphatic rings. The van der Waals surface area contributed by atoms with Crippen LogP contribution in [0.2, 0.25) is 0 Å². The van der Waals surface area contributed by atoms with Crippen molar-refractivity contribution in [1.29, 1.82) is 0 Å². The van der Waals surface area contributed by atoms with Crippen molar-refractivity contribution in [1.82, 2.24) is 49.9 Å². The molecule has 0 aliphatic carbocycles. The topological polar surface area (TPSA) is 254 Å². The van der Waals surface area contributed by atoms with E-state index in [1.54, 1.807) is 104 Å². The van der Waals surface area contributed by atoms with Crippen LogP contribution in [0.4, 0.5) is 0 Å². The average Bonchev–Trinajstić information content (AvgIpc) is 4.07. The van der Waals surface area contributed by atoms with Crippen LogP contribution in [0.5, 0.6) is 0 Å². The highest BCUT2D eigenvalue weighted by atomic mass is 32.2. The molecule has 0 spiro atoms. The van der Waals surface area contributed by atoms with E-state index in [4.69, 9.17) is 0 Å². The first kappa shape index (κ1) is 56.1. The third-order valence-electron chi connectivity index (χ3n) is 12.9. The number of aryl methyl sites for hydroxylation is 2. The van der Waals surface area contributed by atoms with Crippen LogP contribution in [0.1, 0.15) is 84.2 Å². The van der Waals surface area contributed by atoms with Crippen molar-refractivity contribution in [2.24, 2.45) is 0 Å². The molecule has 10 aromatic rings. The number of pyridine rings is 5. The molecule has 20 heteroatoms. The molecule has 0 bridgehead atoms. The molecule has 0 fully saturated rings. The minimum absolute atomic E-state index is 0. The van der Waals surface area contributed by atoms with E-state index < -0.39 is 19.7 Å². The van der Waals surface area contributed by atoms with Crippen molar-refractivity contribution in [3.05, 3.63) is 246 Å². The zero-order chi connectivity index (χ0) is 55.1. The van der Waals surface area contributed by atoms with Crippen molar-refractivity contribution in [3.63, 3.8) is 0 Å². The van der Waals surface area contributed by atoms with E-state index in [0.717, 1.165) is 68.0 Å². The summed E-state index contributed by atoms with van der Waals surface area (Å²) in [6.07, 6.45) is 13.0. The first-order chi connectivity index (χ1) is 37.3. The number of nitrogens with one attached hydrogen (secondary N) is 4. The van der Waals surface area contributed by atoms with Crippen LogP contribution in [0, 0.1) is 13.8 Å². The molecule has 0 saturated carbocycles. The lowest BCUT2D eigenvalue weighted by atomic mass is 10.1. The Labute approximate surface area is 456 Å². The van der Waals surface area contributed by atoms with Gasteiger partial charge in [0.25, 0.3) is 22.9 Å². The molecule has 10 rings (SSSR count). The zero-order valence-electron chi connectivity index (χ0n) is 43.0. The number of rotatable bonds is 16. The molecule has 0 aliphatic heterocycles. The number of H-pyrrole nitrogens is 2. The van der Waals surface area contributed by atoms with Gasteiger partial charge in [-0.3, -0.25) is 34.2 Å². The summed E-state index contributed by atoms with van der Waals surface area (Å²) in [5.41, 5.74) is 9.78. The van der Waals surface area contributed by atoms with E-state index in [9.17, 15) is 36.0 Å². The summed E-state index contributed by atoms with van der Waals surface area (Å²) in [4.78, 5) is 66.6. The van der Waals surface area contributed by atoms with Crippen LogP contribution < -0.4 is 21.8 Å². The van der Waals surface area contributed by atoms with Gasteiger partial charge in [0.05, 0.1) is 40.6 Å². The molecule has 0 atom stereocenters. The van der Waals surface area contributed by atoms with Gasteiger partial charge in [0.2, 0.25) is 0 Å². The number of fused-ring (bicyclic) bond motifs is 2. The van der Waals surface area contributed by atoms with Crippen LogP contribution in [0.25, 0.3) is 21.9 Å². The number of sulfone groups is 2. The van der Waals surface area contributed by atoms with Gasteiger partial charge in [-0.05, 0) is 114 Å². The first-order valence-electron chi connectivity index (χ1n) is 24.6. The van der Waals surface area contributed by atoms with Crippen molar-refractivity contribution in [2.45, 2.75) is 70.1 Å². The fourth-order valence-corrected chi connectivity index (χ4v) is 10.9.